The summed E-state index contributed by atoms with van der Waals surface area (Å²) in [6.45, 7) is 7.11. The van der Waals surface area contributed by atoms with E-state index in [1.807, 2.05) is 31.5 Å². The van der Waals surface area contributed by atoms with Crippen LogP contribution in [0.15, 0.2) is 36.7 Å². The van der Waals surface area contributed by atoms with Gasteiger partial charge in [0.15, 0.2) is 0 Å². The molecule has 0 saturated heterocycles. The zero-order valence-corrected chi connectivity index (χ0v) is 12.3. The van der Waals surface area contributed by atoms with Crippen molar-refractivity contribution in [1.82, 2.24) is 10.3 Å². The van der Waals surface area contributed by atoms with Crippen LogP contribution in [0.1, 0.15) is 25.0 Å². The van der Waals surface area contributed by atoms with E-state index >= 15 is 0 Å². The molecule has 3 heteroatoms. The van der Waals surface area contributed by atoms with Crippen molar-refractivity contribution < 1.29 is 0 Å². The molecular formula is C16H19ClN2. The molecule has 0 bridgehead atoms. The highest BCUT2D eigenvalue weighted by atomic mass is 35.5. The van der Waals surface area contributed by atoms with Crippen molar-refractivity contribution in [3.63, 3.8) is 0 Å². The molecule has 0 radical (unpaired) electrons. The Balaban J connectivity index is 2.24. The molecule has 2 nitrogen and oxygen atoms in total. The molecule has 1 aromatic carbocycles. The van der Waals surface area contributed by atoms with Crippen LogP contribution in [0, 0.1) is 6.92 Å². The molecule has 1 heterocycles. The third-order valence-corrected chi connectivity index (χ3v) is 3.42. The molecule has 0 unspecified atom stereocenters. The van der Waals surface area contributed by atoms with Gasteiger partial charge in [0.1, 0.15) is 0 Å². The minimum atomic E-state index is 0.470. The fourth-order valence-corrected chi connectivity index (χ4v) is 2.02. The highest BCUT2D eigenvalue weighted by Crippen LogP contribution is 2.25. The van der Waals surface area contributed by atoms with Gasteiger partial charge in [-0.2, -0.15) is 0 Å². The van der Waals surface area contributed by atoms with Crippen molar-refractivity contribution in [3.8, 4) is 11.1 Å². The van der Waals surface area contributed by atoms with Gasteiger partial charge in [-0.3, -0.25) is 4.98 Å². The molecule has 19 heavy (non-hydrogen) atoms. The lowest BCUT2D eigenvalue weighted by Crippen LogP contribution is -2.21. The van der Waals surface area contributed by atoms with Gasteiger partial charge in [0.2, 0.25) is 0 Å². The van der Waals surface area contributed by atoms with E-state index in [0.29, 0.717) is 6.04 Å². The molecule has 1 aromatic heterocycles. The second kappa shape index (κ2) is 6.18. The fourth-order valence-electron chi connectivity index (χ4n) is 1.84. The molecule has 0 spiro atoms. The normalized spacial score (nSPS) is 11.0. The largest absolute Gasteiger partial charge is 0.310 e. The third-order valence-electron chi connectivity index (χ3n) is 3.01. The standard InChI is InChI=1S/C16H19ClN2/c1-11(2)19-9-13-6-15(10-18-8-13)14-5-4-12(3)16(17)7-14/h4-8,10-11,19H,9H2,1-3H3. The van der Waals surface area contributed by atoms with E-state index in [0.717, 1.165) is 28.3 Å². The molecule has 1 N–H and O–H groups in total. The Morgan fingerprint density at radius 3 is 2.63 bits per heavy atom. The van der Waals surface area contributed by atoms with Gasteiger partial charge in [-0.05, 0) is 35.7 Å². The van der Waals surface area contributed by atoms with E-state index in [1.165, 1.54) is 5.56 Å². The van der Waals surface area contributed by atoms with E-state index in [4.69, 9.17) is 11.6 Å². The number of rotatable bonds is 4. The van der Waals surface area contributed by atoms with Gasteiger partial charge in [0.25, 0.3) is 0 Å². The molecular weight excluding hydrogens is 256 g/mol. The van der Waals surface area contributed by atoms with Crippen LogP contribution in [0.3, 0.4) is 0 Å². The van der Waals surface area contributed by atoms with Gasteiger partial charge < -0.3 is 5.32 Å². The highest BCUT2D eigenvalue weighted by molar-refractivity contribution is 6.31. The van der Waals surface area contributed by atoms with E-state index in [-0.39, 0.29) is 0 Å². The van der Waals surface area contributed by atoms with E-state index in [2.05, 4.69) is 36.3 Å². The first-order valence-electron chi connectivity index (χ1n) is 6.50. The SMILES string of the molecule is Cc1ccc(-c2cncc(CNC(C)C)c2)cc1Cl. The van der Waals surface area contributed by atoms with Gasteiger partial charge in [-0.25, -0.2) is 0 Å². The molecule has 0 atom stereocenters. The zero-order valence-electron chi connectivity index (χ0n) is 11.6. The molecule has 0 aliphatic rings. The van der Waals surface area contributed by atoms with E-state index < -0.39 is 0 Å². The number of nitrogens with one attached hydrogen (secondary N) is 1. The number of hydrogen-bond acceptors (Lipinski definition) is 2. The number of aryl methyl sites for hydroxylation is 1. The summed E-state index contributed by atoms with van der Waals surface area (Å²) in [4.78, 5) is 4.31. The van der Waals surface area contributed by atoms with Crippen molar-refractivity contribution >= 4 is 11.6 Å². The second-order valence-corrected chi connectivity index (χ2v) is 5.49. The smallest absolute Gasteiger partial charge is 0.0441 e. The average Bonchev–Trinajstić information content (AvgIpc) is 2.40. The van der Waals surface area contributed by atoms with Crippen molar-refractivity contribution in [2.75, 3.05) is 0 Å². The Labute approximate surface area is 119 Å². The third kappa shape index (κ3) is 3.79. The summed E-state index contributed by atoms with van der Waals surface area (Å²) in [5.74, 6) is 0. The number of halogens is 1. The fraction of sp³-hybridized carbons (Fsp3) is 0.312. The first-order valence-corrected chi connectivity index (χ1v) is 6.88. The summed E-state index contributed by atoms with van der Waals surface area (Å²) >= 11 is 6.17. The van der Waals surface area contributed by atoms with Crippen molar-refractivity contribution in [2.24, 2.45) is 0 Å². The Morgan fingerprint density at radius 1 is 1.16 bits per heavy atom. The summed E-state index contributed by atoms with van der Waals surface area (Å²) in [5, 5.41) is 4.19. The summed E-state index contributed by atoms with van der Waals surface area (Å²) in [6.07, 6.45) is 3.77. The van der Waals surface area contributed by atoms with Crippen molar-refractivity contribution in [2.45, 2.75) is 33.4 Å². The highest BCUT2D eigenvalue weighted by Gasteiger charge is 2.03. The summed E-state index contributed by atoms with van der Waals surface area (Å²) in [6, 6.07) is 8.74. The molecule has 2 rings (SSSR count). The van der Waals surface area contributed by atoms with Crippen LogP contribution in [0.25, 0.3) is 11.1 Å². The second-order valence-electron chi connectivity index (χ2n) is 5.08. The zero-order chi connectivity index (χ0) is 13.8. The van der Waals surface area contributed by atoms with Gasteiger partial charge in [-0.1, -0.05) is 37.6 Å². The van der Waals surface area contributed by atoms with E-state index in [9.17, 15) is 0 Å². The maximum Gasteiger partial charge on any atom is 0.0441 e. The van der Waals surface area contributed by atoms with Crippen molar-refractivity contribution in [3.05, 3.63) is 52.8 Å². The molecule has 0 amide bonds. The molecule has 0 aliphatic heterocycles. The first kappa shape index (κ1) is 14.0. The van der Waals surface area contributed by atoms with E-state index in [1.54, 1.807) is 0 Å². The predicted octanol–water partition coefficient (Wildman–Crippen LogP) is 4.21. The Morgan fingerprint density at radius 2 is 1.95 bits per heavy atom. The number of pyridine rings is 1. The lowest BCUT2D eigenvalue weighted by atomic mass is 10.0. The average molecular weight is 275 g/mol. The van der Waals surface area contributed by atoms with Gasteiger partial charge >= 0.3 is 0 Å². The van der Waals surface area contributed by atoms with Crippen LogP contribution in [0.4, 0.5) is 0 Å². The number of aromatic nitrogens is 1. The number of nitrogens with zero attached hydrogens (tertiary/aromatic N) is 1. The van der Waals surface area contributed by atoms with Crippen LogP contribution >= 0.6 is 11.6 Å². The molecule has 2 aromatic rings. The minimum Gasteiger partial charge on any atom is -0.310 e. The minimum absolute atomic E-state index is 0.470. The maximum absolute atomic E-state index is 6.17. The Bertz CT molecular complexity index is 564. The maximum atomic E-state index is 6.17. The van der Waals surface area contributed by atoms with Gasteiger partial charge in [0, 0.05) is 35.6 Å². The number of benzene rings is 1. The van der Waals surface area contributed by atoms with Crippen LogP contribution < -0.4 is 5.32 Å². The number of hydrogen-bond donors (Lipinski definition) is 1. The van der Waals surface area contributed by atoms with Crippen LogP contribution in [0.2, 0.25) is 5.02 Å². The summed E-state index contributed by atoms with van der Waals surface area (Å²) in [7, 11) is 0. The lowest BCUT2D eigenvalue weighted by Gasteiger charge is -2.09. The van der Waals surface area contributed by atoms with Gasteiger partial charge in [0.05, 0.1) is 0 Å². The molecule has 0 fully saturated rings. The van der Waals surface area contributed by atoms with Crippen molar-refractivity contribution in [1.29, 1.82) is 0 Å². The Hall–Kier alpha value is -1.38. The topological polar surface area (TPSA) is 24.9 Å². The van der Waals surface area contributed by atoms with Crippen LogP contribution in [-0.2, 0) is 6.54 Å². The Kier molecular flexibility index (Phi) is 4.56. The molecule has 0 saturated carbocycles. The van der Waals surface area contributed by atoms with Crippen LogP contribution in [-0.4, -0.2) is 11.0 Å². The van der Waals surface area contributed by atoms with Gasteiger partial charge in [-0.15, -0.1) is 0 Å². The lowest BCUT2D eigenvalue weighted by molar-refractivity contribution is 0.588. The van der Waals surface area contributed by atoms with Crippen LogP contribution in [0.5, 0.6) is 0 Å². The summed E-state index contributed by atoms with van der Waals surface area (Å²) in [5.41, 5.74) is 4.48. The molecule has 100 valence electrons. The summed E-state index contributed by atoms with van der Waals surface area (Å²) < 4.78 is 0. The first-order chi connectivity index (χ1) is 9.06. The monoisotopic (exact) mass is 274 g/mol. The quantitative estimate of drug-likeness (QED) is 0.903. The predicted molar refractivity (Wildman–Crippen MR) is 81.4 cm³/mol. The molecule has 0 aliphatic carbocycles.